The molecule has 1 atom stereocenters. The number of aromatic nitrogens is 2. The van der Waals surface area contributed by atoms with Crippen molar-refractivity contribution in [2.45, 2.75) is 19.9 Å². The molecule has 1 aliphatic rings. The van der Waals surface area contributed by atoms with Crippen LogP contribution in [0.4, 0.5) is 5.82 Å². The smallest absolute Gasteiger partial charge is 0.154 e. The third-order valence-corrected chi connectivity index (χ3v) is 2.98. The SMILES string of the molecule is Cc1cc(N2CCN[C@H](C)C2)nnc1Cl. The van der Waals surface area contributed by atoms with Gasteiger partial charge in [0.2, 0.25) is 0 Å². The van der Waals surface area contributed by atoms with Gasteiger partial charge >= 0.3 is 0 Å². The van der Waals surface area contributed by atoms with Crippen LogP contribution in [-0.2, 0) is 0 Å². The van der Waals surface area contributed by atoms with Crippen molar-refractivity contribution in [2.75, 3.05) is 24.5 Å². The van der Waals surface area contributed by atoms with Gasteiger partial charge in [-0.1, -0.05) is 11.6 Å². The van der Waals surface area contributed by atoms with Gasteiger partial charge in [0.25, 0.3) is 0 Å². The largest absolute Gasteiger partial charge is 0.352 e. The highest BCUT2D eigenvalue weighted by Gasteiger charge is 2.17. The van der Waals surface area contributed by atoms with Crippen LogP contribution >= 0.6 is 11.6 Å². The van der Waals surface area contributed by atoms with Gasteiger partial charge in [-0.3, -0.25) is 0 Å². The quantitative estimate of drug-likeness (QED) is 0.782. The Kier molecular flexibility index (Phi) is 3.07. The van der Waals surface area contributed by atoms with E-state index in [2.05, 4.69) is 27.3 Å². The third kappa shape index (κ3) is 2.38. The molecule has 4 nitrogen and oxygen atoms in total. The van der Waals surface area contributed by atoms with Gasteiger partial charge in [-0.15, -0.1) is 10.2 Å². The highest BCUT2D eigenvalue weighted by atomic mass is 35.5. The molecule has 1 fully saturated rings. The number of hydrogen-bond acceptors (Lipinski definition) is 4. The average Bonchev–Trinajstić information content (AvgIpc) is 2.22. The normalized spacial score (nSPS) is 21.8. The van der Waals surface area contributed by atoms with Crippen LogP contribution in [0, 0.1) is 6.92 Å². The minimum Gasteiger partial charge on any atom is -0.352 e. The summed E-state index contributed by atoms with van der Waals surface area (Å²) in [6.45, 7) is 7.05. The van der Waals surface area contributed by atoms with E-state index >= 15 is 0 Å². The third-order valence-electron chi connectivity index (χ3n) is 2.60. The van der Waals surface area contributed by atoms with Crippen molar-refractivity contribution in [3.05, 3.63) is 16.8 Å². The zero-order valence-corrected chi connectivity index (χ0v) is 9.75. The highest BCUT2D eigenvalue weighted by molar-refractivity contribution is 6.30. The van der Waals surface area contributed by atoms with Crippen LogP contribution in [0.1, 0.15) is 12.5 Å². The Bertz CT molecular complexity index is 355. The molecule has 15 heavy (non-hydrogen) atoms. The van der Waals surface area contributed by atoms with Crippen LogP contribution in [-0.4, -0.2) is 35.9 Å². The molecule has 0 spiro atoms. The zero-order valence-electron chi connectivity index (χ0n) is 9.00. The molecule has 5 heteroatoms. The summed E-state index contributed by atoms with van der Waals surface area (Å²) in [4.78, 5) is 2.23. The van der Waals surface area contributed by atoms with Gasteiger partial charge in [0.15, 0.2) is 11.0 Å². The van der Waals surface area contributed by atoms with E-state index in [-0.39, 0.29) is 0 Å². The molecule has 0 amide bonds. The molecule has 0 unspecified atom stereocenters. The molecule has 1 aliphatic heterocycles. The number of rotatable bonds is 1. The van der Waals surface area contributed by atoms with Gasteiger partial charge in [-0.25, -0.2) is 0 Å². The summed E-state index contributed by atoms with van der Waals surface area (Å²) < 4.78 is 0. The lowest BCUT2D eigenvalue weighted by Gasteiger charge is -2.32. The van der Waals surface area contributed by atoms with Gasteiger partial charge in [0, 0.05) is 25.7 Å². The van der Waals surface area contributed by atoms with E-state index in [9.17, 15) is 0 Å². The standard InChI is InChI=1S/C10H15ClN4/c1-7-5-9(13-14-10(7)11)15-4-3-12-8(2)6-15/h5,8,12H,3-4,6H2,1-2H3/t8-/m1/s1. The van der Waals surface area contributed by atoms with Crippen molar-refractivity contribution < 1.29 is 0 Å². The second kappa shape index (κ2) is 4.33. The Balaban J connectivity index is 2.18. The first kappa shape index (κ1) is 10.6. The second-order valence-electron chi connectivity index (χ2n) is 3.98. The van der Waals surface area contributed by atoms with Crippen LogP contribution in [0.3, 0.4) is 0 Å². The Morgan fingerprint density at radius 3 is 3.00 bits per heavy atom. The van der Waals surface area contributed by atoms with E-state index in [1.807, 2.05) is 13.0 Å². The minimum absolute atomic E-state index is 0.488. The molecule has 1 aromatic heterocycles. The van der Waals surface area contributed by atoms with E-state index in [1.165, 1.54) is 0 Å². The first-order valence-electron chi connectivity index (χ1n) is 5.15. The molecule has 0 aromatic carbocycles. The van der Waals surface area contributed by atoms with E-state index in [0.29, 0.717) is 11.2 Å². The van der Waals surface area contributed by atoms with Crippen molar-refractivity contribution in [3.8, 4) is 0 Å². The summed E-state index contributed by atoms with van der Waals surface area (Å²) in [5.41, 5.74) is 0.979. The van der Waals surface area contributed by atoms with E-state index in [0.717, 1.165) is 31.0 Å². The molecule has 2 rings (SSSR count). The number of hydrogen-bond donors (Lipinski definition) is 1. The number of aryl methyl sites for hydroxylation is 1. The maximum Gasteiger partial charge on any atom is 0.154 e. The van der Waals surface area contributed by atoms with Crippen LogP contribution < -0.4 is 10.2 Å². The van der Waals surface area contributed by atoms with E-state index in [4.69, 9.17) is 11.6 Å². The highest BCUT2D eigenvalue weighted by Crippen LogP contribution is 2.17. The van der Waals surface area contributed by atoms with E-state index in [1.54, 1.807) is 0 Å². The first-order valence-corrected chi connectivity index (χ1v) is 5.53. The summed E-state index contributed by atoms with van der Waals surface area (Å²) in [6.07, 6.45) is 0. The molecule has 1 N–H and O–H groups in total. The predicted molar refractivity (Wildman–Crippen MR) is 61.5 cm³/mol. The van der Waals surface area contributed by atoms with Crippen LogP contribution in [0.25, 0.3) is 0 Å². The molecular formula is C10H15ClN4. The fourth-order valence-corrected chi connectivity index (χ4v) is 1.84. The molecular weight excluding hydrogens is 212 g/mol. The summed E-state index contributed by atoms with van der Waals surface area (Å²) in [5, 5.41) is 11.9. The molecule has 0 radical (unpaired) electrons. The lowest BCUT2D eigenvalue weighted by molar-refractivity contribution is 0.481. The van der Waals surface area contributed by atoms with Gasteiger partial charge in [-0.05, 0) is 25.5 Å². The number of nitrogens with one attached hydrogen (secondary N) is 1. The van der Waals surface area contributed by atoms with E-state index < -0.39 is 0 Å². The summed E-state index contributed by atoms with van der Waals surface area (Å²) in [5.74, 6) is 0.922. The van der Waals surface area contributed by atoms with Gasteiger partial charge in [0.05, 0.1) is 0 Å². The lowest BCUT2D eigenvalue weighted by atomic mass is 10.2. The molecule has 82 valence electrons. The lowest BCUT2D eigenvalue weighted by Crippen LogP contribution is -2.49. The Morgan fingerprint density at radius 1 is 1.53 bits per heavy atom. The van der Waals surface area contributed by atoms with Crippen molar-refractivity contribution in [2.24, 2.45) is 0 Å². The minimum atomic E-state index is 0.488. The molecule has 2 heterocycles. The monoisotopic (exact) mass is 226 g/mol. The van der Waals surface area contributed by atoms with Crippen molar-refractivity contribution in [1.29, 1.82) is 0 Å². The number of anilines is 1. The molecule has 0 aliphatic carbocycles. The van der Waals surface area contributed by atoms with Gasteiger partial charge in [-0.2, -0.15) is 0 Å². The molecule has 0 saturated carbocycles. The Hall–Kier alpha value is -0.870. The van der Waals surface area contributed by atoms with Crippen LogP contribution in [0.2, 0.25) is 5.15 Å². The van der Waals surface area contributed by atoms with Gasteiger partial charge < -0.3 is 10.2 Å². The molecule has 1 saturated heterocycles. The maximum atomic E-state index is 5.84. The fraction of sp³-hybridized carbons (Fsp3) is 0.600. The summed E-state index contributed by atoms with van der Waals surface area (Å²) in [6, 6.07) is 2.49. The van der Waals surface area contributed by atoms with Gasteiger partial charge in [0.1, 0.15) is 0 Å². The van der Waals surface area contributed by atoms with Crippen LogP contribution in [0.15, 0.2) is 6.07 Å². The summed E-state index contributed by atoms with van der Waals surface area (Å²) in [7, 11) is 0. The van der Waals surface area contributed by atoms with Crippen molar-refractivity contribution >= 4 is 17.4 Å². The fourth-order valence-electron chi connectivity index (χ4n) is 1.75. The average molecular weight is 227 g/mol. The molecule has 0 bridgehead atoms. The first-order chi connectivity index (χ1) is 7.16. The topological polar surface area (TPSA) is 41.0 Å². The Labute approximate surface area is 94.6 Å². The number of piperazine rings is 1. The number of nitrogens with zero attached hydrogens (tertiary/aromatic N) is 3. The van der Waals surface area contributed by atoms with Crippen molar-refractivity contribution in [3.63, 3.8) is 0 Å². The maximum absolute atomic E-state index is 5.84. The number of halogens is 1. The second-order valence-corrected chi connectivity index (χ2v) is 4.34. The molecule has 1 aromatic rings. The van der Waals surface area contributed by atoms with Crippen molar-refractivity contribution in [1.82, 2.24) is 15.5 Å². The van der Waals surface area contributed by atoms with Crippen LogP contribution in [0.5, 0.6) is 0 Å². The Morgan fingerprint density at radius 2 is 2.33 bits per heavy atom. The zero-order chi connectivity index (χ0) is 10.8. The summed E-state index contributed by atoms with van der Waals surface area (Å²) >= 11 is 5.84. The predicted octanol–water partition coefficient (Wildman–Crippen LogP) is 1.24.